The van der Waals surface area contributed by atoms with E-state index in [0.717, 1.165) is 4.47 Å². The summed E-state index contributed by atoms with van der Waals surface area (Å²) in [6, 6.07) is 4.41. The first-order chi connectivity index (χ1) is 12.0. The van der Waals surface area contributed by atoms with Crippen LogP contribution >= 0.6 is 15.9 Å². The number of hydrogen-bond donors (Lipinski definition) is 0. The molecule has 0 bridgehead atoms. The van der Waals surface area contributed by atoms with Gasteiger partial charge in [0.2, 0.25) is 11.8 Å². The van der Waals surface area contributed by atoms with Gasteiger partial charge in [0, 0.05) is 24.7 Å². The Balaban J connectivity index is 1.72. The van der Waals surface area contributed by atoms with Crippen molar-refractivity contribution in [3.63, 3.8) is 0 Å². The highest BCUT2D eigenvalue weighted by molar-refractivity contribution is 9.10. The number of methoxy groups -OCH3 is 1. The van der Waals surface area contributed by atoms with Crippen molar-refractivity contribution in [2.75, 3.05) is 7.11 Å². The standard InChI is InChI=1S/C15H13BrF2N4O3/c1-23-12-6-9(2-3-11(12)24-15(17)18)14-21-20-13(25-14)4-5-22-8-10(16)7-19-22/h2-3,6-8,15H,4-5H2,1H3. The molecule has 0 spiro atoms. The number of rotatable bonds is 7. The van der Waals surface area contributed by atoms with Gasteiger partial charge >= 0.3 is 6.61 Å². The number of aromatic nitrogens is 4. The minimum Gasteiger partial charge on any atom is -0.493 e. The molecule has 132 valence electrons. The van der Waals surface area contributed by atoms with Crippen molar-refractivity contribution in [3.05, 3.63) is 41.0 Å². The average Bonchev–Trinajstić information content (AvgIpc) is 3.22. The second-order valence-electron chi connectivity index (χ2n) is 4.92. The predicted octanol–water partition coefficient (Wildman–Crippen LogP) is 3.55. The molecule has 10 heteroatoms. The van der Waals surface area contributed by atoms with Crippen LogP contribution in [-0.4, -0.2) is 33.7 Å². The minimum absolute atomic E-state index is 0.0646. The van der Waals surface area contributed by atoms with E-state index in [1.165, 1.54) is 19.2 Å². The lowest BCUT2D eigenvalue weighted by Gasteiger charge is -2.10. The normalized spacial score (nSPS) is 11.1. The molecule has 0 amide bonds. The minimum atomic E-state index is -2.93. The molecule has 0 atom stereocenters. The van der Waals surface area contributed by atoms with Gasteiger partial charge in [-0.2, -0.15) is 13.9 Å². The zero-order valence-electron chi connectivity index (χ0n) is 13.0. The number of ether oxygens (including phenoxy) is 2. The van der Waals surface area contributed by atoms with Crippen molar-refractivity contribution in [2.24, 2.45) is 0 Å². The number of hydrogen-bond acceptors (Lipinski definition) is 6. The van der Waals surface area contributed by atoms with Gasteiger partial charge in [-0.25, -0.2) is 0 Å². The smallest absolute Gasteiger partial charge is 0.387 e. The maximum atomic E-state index is 12.4. The molecule has 0 unspecified atom stereocenters. The molecule has 0 N–H and O–H groups in total. The third-order valence-electron chi connectivity index (χ3n) is 3.25. The van der Waals surface area contributed by atoms with Gasteiger partial charge in [0.25, 0.3) is 0 Å². The van der Waals surface area contributed by atoms with Crippen molar-refractivity contribution >= 4 is 15.9 Å². The summed E-state index contributed by atoms with van der Waals surface area (Å²) in [7, 11) is 1.36. The Labute approximate surface area is 149 Å². The van der Waals surface area contributed by atoms with Crippen LogP contribution in [0.2, 0.25) is 0 Å². The van der Waals surface area contributed by atoms with Crippen molar-refractivity contribution in [1.29, 1.82) is 0 Å². The van der Waals surface area contributed by atoms with Crippen LogP contribution in [0.25, 0.3) is 11.5 Å². The monoisotopic (exact) mass is 414 g/mol. The van der Waals surface area contributed by atoms with Crippen LogP contribution in [0.15, 0.2) is 39.5 Å². The molecule has 0 radical (unpaired) electrons. The second-order valence-corrected chi connectivity index (χ2v) is 5.83. The van der Waals surface area contributed by atoms with E-state index in [1.54, 1.807) is 16.9 Å². The summed E-state index contributed by atoms with van der Waals surface area (Å²) in [5.41, 5.74) is 0.541. The van der Waals surface area contributed by atoms with Gasteiger partial charge in [-0.05, 0) is 34.1 Å². The SMILES string of the molecule is COc1cc(-c2nnc(CCn3cc(Br)cn3)o2)ccc1OC(F)F. The quantitative estimate of drug-likeness (QED) is 0.588. The first kappa shape index (κ1) is 17.3. The highest BCUT2D eigenvalue weighted by Crippen LogP contribution is 2.33. The molecule has 1 aromatic carbocycles. The summed E-state index contributed by atoms with van der Waals surface area (Å²) in [5.74, 6) is 0.788. The third-order valence-corrected chi connectivity index (χ3v) is 3.66. The van der Waals surface area contributed by atoms with E-state index >= 15 is 0 Å². The lowest BCUT2D eigenvalue weighted by Crippen LogP contribution is -2.03. The van der Waals surface area contributed by atoms with E-state index in [1.807, 2.05) is 6.20 Å². The lowest BCUT2D eigenvalue weighted by atomic mass is 10.2. The summed E-state index contributed by atoms with van der Waals surface area (Å²) >= 11 is 3.32. The molecule has 7 nitrogen and oxygen atoms in total. The molecule has 2 heterocycles. The van der Waals surface area contributed by atoms with E-state index in [0.29, 0.717) is 24.4 Å². The molecule has 2 aromatic heterocycles. The molecule has 3 rings (SSSR count). The number of aryl methyl sites for hydroxylation is 2. The summed E-state index contributed by atoms with van der Waals surface area (Å²) in [6.45, 7) is -2.35. The lowest BCUT2D eigenvalue weighted by molar-refractivity contribution is -0.0512. The Morgan fingerprint density at radius 1 is 1.28 bits per heavy atom. The molecule has 0 saturated heterocycles. The number of halogens is 3. The largest absolute Gasteiger partial charge is 0.493 e. The van der Waals surface area contributed by atoms with Crippen molar-refractivity contribution < 1.29 is 22.7 Å². The van der Waals surface area contributed by atoms with E-state index < -0.39 is 6.61 Å². The maximum Gasteiger partial charge on any atom is 0.387 e. The first-order valence-electron chi connectivity index (χ1n) is 7.18. The Morgan fingerprint density at radius 2 is 2.12 bits per heavy atom. The van der Waals surface area contributed by atoms with Crippen LogP contribution in [-0.2, 0) is 13.0 Å². The molecular formula is C15H13BrF2N4O3. The number of benzene rings is 1. The van der Waals surface area contributed by atoms with Gasteiger partial charge < -0.3 is 13.9 Å². The topological polar surface area (TPSA) is 75.2 Å². The summed E-state index contributed by atoms with van der Waals surface area (Å²) in [5, 5.41) is 12.1. The second kappa shape index (κ2) is 7.60. The van der Waals surface area contributed by atoms with Crippen LogP contribution < -0.4 is 9.47 Å². The van der Waals surface area contributed by atoms with Crippen LogP contribution in [0.1, 0.15) is 5.89 Å². The van der Waals surface area contributed by atoms with E-state index in [9.17, 15) is 8.78 Å². The zero-order chi connectivity index (χ0) is 17.8. The molecule has 3 aromatic rings. The van der Waals surface area contributed by atoms with Crippen LogP contribution in [0.5, 0.6) is 11.5 Å². The van der Waals surface area contributed by atoms with E-state index in [2.05, 4.69) is 36.0 Å². The Kier molecular flexibility index (Phi) is 5.27. The molecule has 0 saturated carbocycles. The van der Waals surface area contributed by atoms with Crippen LogP contribution in [0, 0.1) is 0 Å². The molecule has 0 fully saturated rings. The maximum absolute atomic E-state index is 12.4. The van der Waals surface area contributed by atoms with Crippen LogP contribution in [0.4, 0.5) is 8.78 Å². The Bertz CT molecular complexity index is 853. The summed E-state index contributed by atoms with van der Waals surface area (Å²) < 4.78 is 42.4. The Morgan fingerprint density at radius 3 is 2.80 bits per heavy atom. The molecule has 25 heavy (non-hydrogen) atoms. The molecule has 0 aliphatic carbocycles. The molecule has 0 aliphatic rings. The van der Waals surface area contributed by atoms with Crippen LogP contribution in [0.3, 0.4) is 0 Å². The van der Waals surface area contributed by atoms with Gasteiger partial charge in [-0.15, -0.1) is 10.2 Å². The zero-order valence-corrected chi connectivity index (χ0v) is 14.6. The van der Waals surface area contributed by atoms with E-state index in [4.69, 9.17) is 9.15 Å². The molecular weight excluding hydrogens is 402 g/mol. The number of alkyl halides is 2. The fourth-order valence-corrected chi connectivity index (χ4v) is 2.46. The number of nitrogens with zero attached hydrogens (tertiary/aromatic N) is 4. The predicted molar refractivity (Wildman–Crippen MR) is 86.5 cm³/mol. The van der Waals surface area contributed by atoms with Crippen molar-refractivity contribution in [2.45, 2.75) is 19.6 Å². The average molecular weight is 415 g/mol. The Hall–Kier alpha value is -2.49. The summed E-state index contributed by atoms with van der Waals surface area (Å²) in [6.07, 6.45) is 4.03. The van der Waals surface area contributed by atoms with Gasteiger partial charge in [0.1, 0.15) is 0 Å². The molecule has 0 aliphatic heterocycles. The van der Waals surface area contributed by atoms with E-state index in [-0.39, 0.29) is 17.4 Å². The summed E-state index contributed by atoms with van der Waals surface area (Å²) in [4.78, 5) is 0. The van der Waals surface area contributed by atoms with Gasteiger partial charge in [-0.3, -0.25) is 4.68 Å². The fraction of sp³-hybridized carbons (Fsp3) is 0.267. The van der Waals surface area contributed by atoms with Gasteiger partial charge in [0.05, 0.1) is 17.8 Å². The van der Waals surface area contributed by atoms with Crippen molar-refractivity contribution in [1.82, 2.24) is 20.0 Å². The highest BCUT2D eigenvalue weighted by Gasteiger charge is 2.15. The van der Waals surface area contributed by atoms with Crippen molar-refractivity contribution in [3.8, 4) is 23.0 Å². The highest BCUT2D eigenvalue weighted by atomic mass is 79.9. The van der Waals surface area contributed by atoms with Gasteiger partial charge in [0.15, 0.2) is 11.5 Å². The van der Waals surface area contributed by atoms with Gasteiger partial charge in [-0.1, -0.05) is 0 Å². The fourth-order valence-electron chi connectivity index (χ4n) is 2.14. The first-order valence-corrected chi connectivity index (χ1v) is 7.98. The third kappa shape index (κ3) is 4.32.